The van der Waals surface area contributed by atoms with Gasteiger partial charge in [0.15, 0.2) is 11.5 Å². The van der Waals surface area contributed by atoms with Gasteiger partial charge in [-0.2, -0.15) is 8.42 Å². The highest BCUT2D eigenvalue weighted by Crippen LogP contribution is 2.35. The number of nitrogens with zero attached hydrogens (tertiary/aromatic N) is 1. The van der Waals surface area contributed by atoms with E-state index < -0.39 is 33.8 Å². The second-order valence-corrected chi connectivity index (χ2v) is 9.14. The van der Waals surface area contributed by atoms with Crippen molar-refractivity contribution in [3.63, 3.8) is 0 Å². The van der Waals surface area contributed by atoms with E-state index in [0.29, 0.717) is 17.3 Å². The topological polar surface area (TPSA) is 116 Å². The van der Waals surface area contributed by atoms with E-state index in [4.69, 9.17) is 8.92 Å². The summed E-state index contributed by atoms with van der Waals surface area (Å²) in [5.41, 5.74) is 1.29. The number of ether oxygens (including phenoxy) is 2. The summed E-state index contributed by atoms with van der Waals surface area (Å²) in [5.74, 6) is -1.31. The second kappa shape index (κ2) is 9.45. The third-order valence-corrected chi connectivity index (χ3v) is 6.54. The first-order valence-corrected chi connectivity index (χ1v) is 11.4. The maximum atomic E-state index is 12.7. The van der Waals surface area contributed by atoms with Crippen molar-refractivity contribution in [3.8, 4) is 11.5 Å². The Bertz CT molecular complexity index is 1200. The predicted octanol–water partition coefficient (Wildman–Crippen LogP) is 2.98. The molecule has 9 nitrogen and oxygen atoms in total. The molecule has 1 saturated heterocycles. The fourth-order valence-electron chi connectivity index (χ4n) is 2.70. The van der Waals surface area contributed by atoms with Gasteiger partial charge in [-0.1, -0.05) is 23.8 Å². The highest BCUT2D eigenvalue weighted by Gasteiger charge is 2.36. The van der Waals surface area contributed by atoms with Gasteiger partial charge in [0.05, 0.1) is 19.1 Å². The first-order chi connectivity index (χ1) is 15.1. The van der Waals surface area contributed by atoms with Crippen molar-refractivity contribution in [2.75, 3.05) is 20.8 Å². The van der Waals surface area contributed by atoms with E-state index >= 15 is 0 Å². The normalized spacial score (nSPS) is 15.2. The van der Waals surface area contributed by atoms with Gasteiger partial charge < -0.3 is 13.7 Å². The van der Waals surface area contributed by atoms with E-state index in [-0.39, 0.29) is 21.3 Å². The quantitative estimate of drug-likeness (QED) is 0.337. The number of carbonyl (C=O) groups is 3. The Kier molecular flexibility index (Phi) is 6.90. The SMILES string of the molecule is COC(=O)CN1C(=O)S/C(=C\c2ccc(OC)c(OS(=O)(=O)c3ccc(C)cc3)c2)C1=O. The zero-order chi connectivity index (χ0) is 23.5. The number of hydrogen-bond acceptors (Lipinski definition) is 9. The number of aryl methyl sites for hydroxylation is 1. The smallest absolute Gasteiger partial charge is 0.339 e. The molecule has 0 saturated carbocycles. The highest BCUT2D eigenvalue weighted by molar-refractivity contribution is 8.18. The number of esters is 1. The van der Waals surface area contributed by atoms with Crippen molar-refractivity contribution in [3.05, 3.63) is 58.5 Å². The van der Waals surface area contributed by atoms with Crippen molar-refractivity contribution >= 4 is 45.1 Å². The van der Waals surface area contributed by atoms with Crippen LogP contribution >= 0.6 is 11.8 Å². The molecule has 0 N–H and O–H groups in total. The Labute approximate surface area is 189 Å². The van der Waals surface area contributed by atoms with Gasteiger partial charge in [-0.05, 0) is 54.6 Å². The van der Waals surface area contributed by atoms with Crippen molar-refractivity contribution in [2.24, 2.45) is 0 Å². The minimum atomic E-state index is -4.14. The second-order valence-electron chi connectivity index (χ2n) is 6.60. The lowest BCUT2D eigenvalue weighted by Crippen LogP contribution is -2.34. The summed E-state index contributed by atoms with van der Waals surface area (Å²) in [6.45, 7) is 1.33. The lowest BCUT2D eigenvalue weighted by molar-refractivity contribution is -0.143. The number of thioether (sulfide) groups is 1. The summed E-state index contributed by atoms with van der Waals surface area (Å²) < 4.78 is 40.3. The standard InChI is InChI=1S/C21H19NO8S2/c1-13-4-7-15(8-5-13)32(26,27)30-17-10-14(6-9-16(17)28-2)11-18-20(24)22(21(25)31-18)12-19(23)29-3/h4-11H,12H2,1-3H3/b18-11-. The van der Waals surface area contributed by atoms with Crippen LogP contribution < -0.4 is 8.92 Å². The molecule has 11 heteroatoms. The Morgan fingerprint density at radius 1 is 1.06 bits per heavy atom. The summed E-state index contributed by atoms with van der Waals surface area (Å²) >= 11 is 0.657. The van der Waals surface area contributed by atoms with Gasteiger partial charge in [0.25, 0.3) is 11.1 Å². The number of imide groups is 1. The van der Waals surface area contributed by atoms with Gasteiger partial charge in [-0.25, -0.2) is 0 Å². The molecular weight excluding hydrogens is 458 g/mol. The Morgan fingerprint density at radius 3 is 2.38 bits per heavy atom. The minimum absolute atomic E-state index is 0.0283. The van der Waals surface area contributed by atoms with Gasteiger partial charge in [0.2, 0.25) is 0 Å². The molecule has 1 aliphatic heterocycles. The van der Waals surface area contributed by atoms with Gasteiger partial charge >= 0.3 is 16.1 Å². The first kappa shape index (κ1) is 23.4. The number of rotatable bonds is 7. The number of hydrogen-bond donors (Lipinski definition) is 0. The molecule has 168 valence electrons. The van der Waals surface area contributed by atoms with Crippen LogP contribution in [0.25, 0.3) is 6.08 Å². The number of amides is 2. The summed E-state index contributed by atoms with van der Waals surface area (Å²) in [5, 5.41) is -0.612. The van der Waals surface area contributed by atoms with Crippen LogP contribution in [0.4, 0.5) is 4.79 Å². The van der Waals surface area contributed by atoms with Crippen LogP contribution in [0.1, 0.15) is 11.1 Å². The van der Waals surface area contributed by atoms with Crippen LogP contribution in [-0.2, 0) is 24.4 Å². The molecule has 32 heavy (non-hydrogen) atoms. The molecule has 2 aromatic rings. The number of methoxy groups -OCH3 is 2. The van der Waals surface area contributed by atoms with Gasteiger partial charge in [0, 0.05) is 0 Å². The molecule has 1 fully saturated rings. The average Bonchev–Trinajstić information content (AvgIpc) is 3.01. The van der Waals surface area contributed by atoms with E-state index in [1.165, 1.54) is 37.5 Å². The molecule has 0 unspecified atom stereocenters. The van der Waals surface area contributed by atoms with Crippen LogP contribution in [0.3, 0.4) is 0 Å². The zero-order valence-electron chi connectivity index (χ0n) is 17.4. The molecule has 0 spiro atoms. The molecule has 0 bridgehead atoms. The number of carbonyl (C=O) groups excluding carboxylic acids is 3. The van der Waals surface area contributed by atoms with Crippen LogP contribution in [0.15, 0.2) is 52.3 Å². The minimum Gasteiger partial charge on any atom is -0.493 e. The zero-order valence-corrected chi connectivity index (χ0v) is 19.0. The van der Waals surface area contributed by atoms with Crippen molar-refractivity contribution in [1.29, 1.82) is 0 Å². The van der Waals surface area contributed by atoms with Gasteiger partial charge in [0.1, 0.15) is 11.4 Å². The molecule has 0 radical (unpaired) electrons. The Hall–Kier alpha value is -3.31. The molecule has 1 aliphatic rings. The predicted molar refractivity (Wildman–Crippen MR) is 117 cm³/mol. The van der Waals surface area contributed by atoms with E-state index in [1.807, 2.05) is 6.92 Å². The fourth-order valence-corrected chi connectivity index (χ4v) is 4.47. The molecule has 2 amide bonds. The maximum absolute atomic E-state index is 12.7. The average molecular weight is 478 g/mol. The molecule has 2 aromatic carbocycles. The molecule has 0 atom stereocenters. The van der Waals surface area contributed by atoms with Gasteiger partial charge in [-0.15, -0.1) is 0 Å². The summed E-state index contributed by atoms with van der Waals surface area (Å²) in [4.78, 5) is 36.8. The molecule has 3 rings (SSSR count). The third kappa shape index (κ3) is 5.11. The molecular formula is C21H19NO8S2. The monoisotopic (exact) mass is 477 g/mol. The van der Waals surface area contributed by atoms with E-state index in [0.717, 1.165) is 17.6 Å². The molecule has 0 aromatic heterocycles. The van der Waals surface area contributed by atoms with Crippen molar-refractivity contribution < 1.29 is 36.5 Å². The van der Waals surface area contributed by atoms with Crippen molar-refractivity contribution in [2.45, 2.75) is 11.8 Å². The van der Waals surface area contributed by atoms with Crippen LogP contribution in [0.2, 0.25) is 0 Å². The first-order valence-electron chi connectivity index (χ1n) is 9.16. The largest absolute Gasteiger partial charge is 0.493 e. The van der Waals surface area contributed by atoms with E-state index in [1.54, 1.807) is 18.2 Å². The van der Waals surface area contributed by atoms with Crippen LogP contribution in [0.5, 0.6) is 11.5 Å². The highest BCUT2D eigenvalue weighted by atomic mass is 32.2. The summed E-state index contributed by atoms with van der Waals surface area (Å²) in [6.07, 6.45) is 1.40. The fraction of sp³-hybridized carbons (Fsp3) is 0.190. The Balaban J connectivity index is 1.90. The lowest BCUT2D eigenvalue weighted by atomic mass is 10.2. The number of benzene rings is 2. The third-order valence-electron chi connectivity index (χ3n) is 4.38. The maximum Gasteiger partial charge on any atom is 0.339 e. The molecule has 0 aliphatic carbocycles. The molecule has 1 heterocycles. The summed E-state index contributed by atoms with van der Waals surface area (Å²) in [7, 11) is -1.62. The van der Waals surface area contributed by atoms with Crippen LogP contribution in [0, 0.1) is 6.92 Å². The Morgan fingerprint density at radius 2 is 1.75 bits per heavy atom. The van der Waals surface area contributed by atoms with E-state index in [9.17, 15) is 22.8 Å². The van der Waals surface area contributed by atoms with Gasteiger partial charge in [-0.3, -0.25) is 19.3 Å². The summed E-state index contributed by atoms with van der Waals surface area (Å²) in [6, 6.07) is 10.6. The van der Waals surface area contributed by atoms with Crippen LogP contribution in [-0.4, -0.2) is 51.2 Å². The lowest BCUT2D eigenvalue weighted by Gasteiger charge is -2.12. The van der Waals surface area contributed by atoms with E-state index in [2.05, 4.69) is 4.74 Å². The van der Waals surface area contributed by atoms with Crippen molar-refractivity contribution in [1.82, 2.24) is 4.90 Å².